The highest BCUT2D eigenvalue weighted by molar-refractivity contribution is 5.87. The predicted octanol–water partition coefficient (Wildman–Crippen LogP) is 2.40. The van der Waals surface area contributed by atoms with Gasteiger partial charge in [0.1, 0.15) is 23.0 Å². The van der Waals surface area contributed by atoms with Crippen molar-refractivity contribution in [1.82, 2.24) is 14.9 Å². The normalized spacial score (nSPS) is 15.3. The molecule has 3 rings (SSSR count). The van der Waals surface area contributed by atoms with Crippen LogP contribution in [0.4, 0.5) is 5.82 Å². The van der Waals surface area contributed by atoms with E-state index in [0.717, 1.165) is 17.7 Å². The molecule has 7 heteroatoms. The molecule has 1 aliphatic rings. The van der Waals surface area contributed by atoms with Crippen molar-refractivity contribution in [3.63, 3.8) is 0 Å². The van der Waals surface area contributed by atoms with Crippen LogP contribution in [0.2, 0.25) is 0 Å². The third kappa shape index (κ3) is 5.05. The van der Waals surface area contributed by atoms with Crippen LogP contribution in [-0.4, -0.2) is 54.1 Å². The molecule has 29 heavy (non-hydrogen) atoms. The zero-order valence-corrected chi connectivity index (χ0v) is 16.9. The highest BCUT2D eigenvalue weighted by Crippen LogP contribution is 2.22. The number of rotatable bonds is 5. The Morgan fingerprint density at radius 2 is 2.00 bits per heavy atom. The minimum absolute atomic E-state index is 0.0513. The van der Waals surface area contributed by atoms with Gasteiger partial charge in [-0.3, -0.25) is 9.78 Å². The van der Waals surface area contributed by atoms with E-state index in [4.69, 9.17) is 9.47 Å². The molecular formula is C22H24N4O3. The second-order valence-electron chi connectivity index (χ2n) is 6.66. The van der Waals surface area contributed by atoms with Crippen molar-refractivity contribution in [2.75, 3.05) is 32.6 Å². The SMILES string of the molecule is C=CC(=O)N1CC[C@H](Nc2cnc(C)c(C#Cc3cc(OC)cc(OC)c3)n2)C1. The van der Waals surface area contributed by atoms with Gasteiger partial charge in [-0.1, -0.05) is 12.5 Å². The molecule has 150 valence electrons. The van der Waals surface area contributed by atoms with Gasteiger partial charge in [-0.15, -0.1) is 0 Å². The summed E-state index contributed by atoms with van der Waals surface area (Å²) in [5.74, 6) is 8.11. The summed E-state index contributed by atoms with van der Waals surface area (Å²) in [4.78, 5) is 22.5. The Balaban J connectivity index is 1.76. The number of ether oxygens (including phenoxy) is 2. The summed E-state index contributed by atoms with van der Waals surface area (Å²) in [6.07, 6.45) is 3.88. The number of carbonyl (C=O) groups excluding carboxylic acids is 1. The number of likely N-dealkylation sites (tertiary alicyclic amines) is 1. The number of aryl methyl sites for hydroxylation is 1. The Hall–Kier alpha value is -3.53. The van der Waals surface area contributed by atoms with E-state index in [1.54, 1.807) is 31.4 Å². The predicted molar refractivity (Wildman–Crippen MR) is 111 cm³/mol. The van der Waals surface area contributed by atoms with Gasteiger partial charge in [0, 0.05) is 30.8 Å². The fraction of sp³-hybridized carbons (Fsp3) is 0.318. The number of aromatic nitrogens is 2. The largest absolute Gasteiger partial charge is 0.497 e. The van der Waals surface area contributed by atoms with Crippen LogP contribution in [0.25, 0.3) is 0 Å². The summed E-state index contributed by atoms with van der Waals surface area (Å²) in [5, 5.41) is 3.34. The highest BCUT2D eigenvalue weighted by Gasteiger charge is 2.25. The van der Waals surface area contributed by atoms with Crippen LogP contribution in [0.15, 0.2) is 37.1 Å². The Labute approximate surface area is 170 Å². The quantitative estimate of drug-likeness (QED) is 0.622. The summed E-state index contributed by atoms with van der Waals surface area (Å²) in [6.45, 7) is 6.72. The van der Waals surface area contributed by atoms with Crippen LogP contribution in [0.1, 0.15) is 23.4 Å². The van der Waals surface area contributed by atoms with Gasteiger partial charge >= 0.3 is 0 Å². The van der Waals surface area contributed by atoms with E-state index >= 15 is 0 Å². The molecule has 0 bridgehead atoms. The minimum atomic E-state index is -0.0513. The lowest BCUT2D eigenvalue weighted by Crippen LogP contribution is -2.30. The summed E-state index contributed by atoms with van der Waals surface area (Å²) in [7, 11) is 3.20. The molecule has 1 N–H and O–H groups in total. The van der Waals surface area contributed by atoms with Crippen LogP contribution in [0, 0.1) is 18.8 Å². The molecule has 0 aliphatic carbocycles. The van der Waals surface area contributed by atoms with Crippen molar-refractivity contribution in [2.45, 2.75) is 19.4 Å². The Morgan fingerprint density at radius 1 is 1.28 bits per heavy atom. The van der Waals surface area contributed by atoms with E-state index in [-0.39, 0.29) is 11.9 Å². The third-order valence-corrected chi connectivity index (χ3v) is 4.66. The monoisotopic (exact) mass is 392 g/mol. The molecule has 1 amide bonds. The molecule has 2 aromatic rings. The second-order valence-corrected chi connectivity index (χ2v) is 6.66. The molecule has 1 aromatic heterocycles. The van der Waals surface area contributed by atoms with Crippen molar-refractivity contribution < 1.29 is 14.3 Å². The number of nitrogens with one attached hydrogen (secondary N) is 1. The van der Waals surface area contributed by atoms with Crippen molar-refractivity contribution in [1.29, 1.82) is 0 Å². The smallest absolute Gasteiger partial charge is 0.246 e. The van der Waals surface area contributed by atoms with E-state index < -0.39 is 0 Å². The van der Waals surface area contributed by atoms with E-state index in [1.165, 1.54) is 6.08 Å². The zero-order chi connectivity index (χ0) is 20.8. The summed E-state index contributed by atoms with van der Waals surface area (Å²) in [5.41, 5.74) is 2.09. The van der Waals surface area contributed by atoms with E-state index in [0.29, 0.717) is 36.1 Å². The fourth-order valence-electron chi connectivity index (χ4n) is 3.06. The standard InChI is InChI=1S/C22H24N4O3/c1-5-22(27)26-9-8-17(14-26)24-21-13-23-15(2)20(25-21)7-6-16-10-18(28-3)12-19(11-16)29-4/h5,10-13,17H,1,8-9,14H2,2-4H3,(H,24,25)/t17-/m0/s1. The van der Waals surface area contributed by atoms with Crippen LogP contribution >= 0.6 is 0 Å². The lowest BCUT2D eigenvalue weighted by atomic mass is 10.2. The molecule has 0 radical (unpaired) electrons. The van der Waals surface area contributed by atoms with Gasteiger partial charge in [-0.25, -0.2) is 4.98 Å². The maximum absolute atomic E-state index is 11.7. The molecule has 1 fully saturated rings. The van der Waals surface area contributed by atoms with Gasteiger partial charge in [0.25, 0.3) is 0 Å². The first-order valence-corrected chi connectivity index (χ1v) is 9.29. The molecule has 1 aromatic carbocycles. The van der Waals surface area contributed by atoms with Crippen molar-refractivity contribution in [3.8, 4) is 23.3 Å². The molecule has 0 spiro atoms. The first kappa shape index (κ1) is 20.2. The number of benzene rings is 1. The van der Waals surface area contributed by atoms with Gasteiger partial charge in [0.2, 0.25) is 5.91 Å². The molecule has 2 heterocycles. The fourth-order valence-corrected chi connectivity index (χ4v) is 3.06. The number of anilines is 1. The molecule has 1 aliphatic heterocycles. The zero-order valence-electron chi connectivity index (χ0n) is 16.9. The summed E-state index contributed by atoms with van der Waals surface area (Å²) >= 11 is 0. The number of carbonyl (C=O) groups is 1. The Kier molecular flexibility index (Phi) is 6.35. The summed E-state index contributed by atoms with van der Waals surface area (Å²) in [6, 6.07) is 5.59. The maximum atomic E-state index is 11.7. The van der Waals surface area contributed by atoms with Gasteiger partial charge in [-0.05, 0) is 37.5 Å². The average Bonchev–Trinajstić information content (AvgIpc) is 3.21. The second kappa shape index (κ2) is 9.11. The third-order valence-electron chi connectivity index (χ3n) is 4.66. The molecule has 1 saturated heterocycles. The van der Waals surface area contributed by atoms with Crippen molar-refractivity contribution in [2.24, 2.45) is 0 Å². The Morgan fingerprint density at radius 3 is 2.66 bits per heavy atom. The minimum Gasteiger partial charge on any atom is -0.497 e. The van der Waals surface area contributed by atoms with Crippen LogP contribution < -0.4 is 14.8 Å². The topological polar surface area (TPSA) is 76.6 Å². The van der Waals surface area contributed by atoms with Crippen LogP contribution in [0.5, 0.6) is 11.5 Å². The molecule has 1 atom stereocenters. The molecular weight excluding hydrogens is 368 g/mol. The number of methoxy groups -OCH3 is 2. The lowest BCUT2D eigenvalue weighted by Gasteiger charge is -2.15. The highest BCUT2D eigenvalue weighted by atomic mass is 16.5. The lowest BCUT2D eigenvalue weighted by molar-refractivity contribution is -0.125. The number of hydrogen-bond donors (Lipinski definition) is 1. The Bertz CT molecular complexity index is 956. The average molecular weight is 392 g/mol. The van der Waals surface area contributed by atoms with Crippen molar-refractivity contribution >= 4 is 11.7 Å². The van der Waals surface area contributed by atoms with Gasteiger partial charge < -0.3 is 19.7 Å². The van der Waals surface area contributed by atoms with Gasteiger partial charge in [-0.2, -0.15) is 0 Å². The van der Waals surface area contributed by atoms with E-state index in [9.17, 15) is 4.79 Å². The van der Waals surface area contributed by atoms with Gasteiger partial charge in [0.15, 0.2) is 0 Å². The maximum Gasteiger partial charge on any atom is 0.246 e. The summed E-state index contributed by atoms with van der Waals surface area (Å²) < 4.78 is 10.6. The van der Waals surface area contributed by atoms with E-state index in [2.05, 4.69) is 33.7 Å². The molecule has 0 saturated carbocycles. The van der Waals surface area contributed by atoms with Gasteiger partial charge in [0.05, 0.1) is 26.1 Å². The van der Waals surface area contributed by atoms with Crippen LogP contribution in [-0.2, 0) is 4.79 Å². The first-order valence-electron chi connectivity index (χ1n) is 9.29. The number of amides is 1. The molecule has 0 unspecified atom stereocenters. The number of nitrogens with zero attached hydrogens (tertiary/aromatic N) is 3. The van der Waals surface area contributed by atoms with E-state index in [1.807, 2.05) is 19.1 Å². The van der Waals surface area contributed by atoms with Crippen LogP contribution in [0.3, 0.4) is 0 Å². The first-order chi connectivity index (χ1) is 14.0. The van der Waals surface area contributed by atoms with Crippen molar-refractivity contribution in [3.05, 3.63) is 54.0 Å². The molecule has 7 nitrogen and oxygen atoms in total. The number of hydrogen-bond acceptors (Lipinski definition) is 6.